The third kappa shape index (κ3) is 4.30. The molecule has 0 spiro atoms. The molecule has 8 heteroatoms. The molecule has 0 unspecified atom stereocenters. The van der Waals surface area contributed by atoms with Crippen LogP contribution in [0.5, 0.6) is 0 Å². The second kappa shape index (κ2) is 8.74. The zero-order chi connectivity index (χ0) is 21.8. The van der Waals surface area contributed by atoms with Crippen LogP contribution in [0.1, 0.15) is 40.2 Å². The van der Waals surface area contributed by atoms with Crippen molar-refractivity contribution < 1.29 is 9.18 Å². The number of halogens is 1. The van der Waals surface area contributed by atoms with Gasteiger partial charge in [0, 0.05) is 31.1 Å². The summed E-state index contributed by atoms with van der Waals surface area (Å²) < 4.78 is 16.1. The number of nitrogens with one attached hydrogen (secondary N) is 2. The van der Waals surface area contributed by atoms with E-state index in [1.54, 1.807) is 49.9 Å². The lowest BCUT2D eigenvalue weighted by Crippen LogP contribution is -2.24. The van der Waals surface area contributed by atoms with Crippen molar-refractivity contribution in [2.75, 3.05) is 0 Å². The predicted octanol–water partition coefficient (Wildman–Crippen LogP) is 2.75. The van der Waals surface area contributed by atoms with Gasteiger partial charge in [-0.2, -0.15) is 5.26 Å². The first kappa shape index (κ1) is 21.0. The second-order valence-corrected chi connectivity index (χ2v) is 7.08. The summed E-state index contributed by atoms with van der Waals surface area (Å²) >= 11 is 0. The molecule has 0 atom stereocenters. The van der Waals surface area contributed by atoms with Gasteiger partial charge in [-0.1, -0.05) is 6.07 Å². The Kier molecular flexibility index (Phi) is 6.11. The van der Waals surface area contributed by atoms with E-state index < -0.39 is 11.4 Å². The number of aromatic amines is 1. The lowest BCUT2D eigenvalue weighted by Gasteiger charge is -2.12. The standard InChI is InChI=1S/C22H22FN5O2/c1-13-17(14(2)27-22(30)18(13)11-24)5-7-21(29)26-12-16-4-6-20(19(23)10-16)28-9-8-25-15(28)3/h4,6,8-10H,5,7,12H2,1-3H3,(H,26,29)(H,27,30). The van der Waals surface area contributed by atoms with Crippen molar-refractivity contribution in [1.29, 1.82) is 5.26 Å². The first-order valence-corrected chi connectivity index (χ1v) is 9.49. The van der Waals surface area contributed by atoms with Crippen LogP contribution >= 0.6 is 0 Å². The Morgan fingerprint density at radius 3 is 2.73 bits per heavy atom. The highest BCUT2D eigenvalue weighted by Gasteiger charge is 2.14. The minimum Gasteiger partial charge on any atom is -0.352 e. The van der Waals surface area contributed by atoms with Crippen LogP contribution < -0.4 is 10.9 Å². The van der Waals surface area contributed by atoms with Gasteiger partial charge in [-0.05, 0) is 56.0 Å². The van der Waals surface area contributed by atoms with Crippen molar-refractivity contribution in [2.24, 2.45) is 0 Å². The van der Waals surface area contributed by atoms with E-state index >= 15 is 0 Å². The Morgan fingerprint density at radius 1 is 1.33 bits per heavy atom. The smallest absolute Gasteiger partial charge is 0.266 e. The summed E-state index contributed by atoms with van der Waals surface area (Å²) in [5.41, 5.74) is 2.72. The number of nitriles is 1. The average molecular weight is 407 g/mol. The number of aromatic nitrogens is 3. The van der Waals surface area contributed by atoms with Crippen LogP contribution in [-0.4, -0.2) is 20.4 Å². The number of amides is 1. The summed E-state index contributed by atoms with van der Waals surface area (Å²) in [6, 6.07) is 6.71. The minimum absolute atomic E-state index is 0.0692. The van der Waals surface area contributed by atoms with E-state index in [0.717, 1.165) is 5.56 Å². The number of hydrogen-bond acceptors (Lipinski definition) is 4. The molecule has 0 radical (unpaired) electrons. The molecule has 2 aromatic heterocycles. The van der Waals surface area contributed by atoms with Crippen molar-refractivity contribution in [2.45, 2.75) is 40.2 Å². The van der Waals surface area contributed by atoms with Gasteiger partial charge in [0.15, 0.2) is 0 Å². The van der Waals surface area contributed by atoms with Gasteiger partial charge in [0.2, 0.25) is 5.91 Å². The molecule has 0 fully saturated rings. The highest BCUT2D eigenvalue weighted by atomic mass is 19.1. The number of rotatable bonds is 6. The molecule has 0 saturated heterocycles. The maximum Gasteiger partial charge on any atom is 0.266 e. The number of carbonyl (C=O) groups is 1. The third-order valence-electron chi connectivity index (χ3n) is 5.11. The lowest BCUT2D eigenvalue weighted by molar-refractivity contribution is -0.121. The molecule has 3 aromatic rings. The van der Waals surface area contributed by atoms with Crippen LogP contribution in [0.4, 0.5) is 4.39 Å². The average Bonchev–Trinajstić information content (AvgIpc) is 3.12. The van der Waals surface area contributed by atoms with Gasteiger partial charge in [0.25, 0.3) is 5.56 Å². The van der Waals surface area contributed by atoms with Gasteiger partial charge in [-0.25, -0.2) is 9.37 Å². The van der Waals surface area contributed by atoms with Gasteiger partial charge in [-0.15, -0.1) is 0 Å². The largest absolute Gasteiger partial charge is 0.352 e. The topological polar surface area (TPSA) is 104 Å². The Bertz CT molecular complexity index is 1200. The Hall–Kier alpha value is -3.73. The minimum atomic E-state index is -0.419. The summed E-state index contributed by atoms with van der Waals surface area (Å²) in [6.45, 7) is 5.44. The molecular formula is C22H22FN5O2. The third-order valence-corrected chi connectivity index (χ3v) is 5.11. The van der Waals surface area contributed by atoms with Crippen LogP contribution in [0.15, 0.2) is 35.4 Å². The normalized spacial score (nSPS) is 10.6. The molecule has 0 aliphatic carbocycles. The maximum absolute atomic E-state index is 14.5. The van der Waals surface area contributed by atoms with Gasteiger partial charge in [0.05, 0.1) is 5.69 Å². The summed E-state index contributed by atoms with van der Waals surface area (Å²) in [5.74, 6) is 0.0853. The maximum atomic E-state index is 14.5. The SMILES string of the molecule is Cc1[nH]c(=O)c(C#N)c(C)c1CCC(=O)NCc1ccc(-n2ccnc2C)c(F)c1. The van der Waals surface area contributed by atoms with Crippen molar-refractivity contribution in [3.8, 4) is 11.8 Å². The zero-order valence-electron chi connectivity index (χ0n) is 17.0. The number of aryl methyl sites for hydroxylation is 2. The fourth-order valence-electron chi connectivity index (χ4n) is 3.44. The molecule has 3 rings (SSSR count). The molecule has 0 saturated carbocycles. The van der Waals surface area contributed by atoms with Crippen molar-refractivity contribution in [3.05, 3.63) is 80.5 Å². The number of H-pyrrole nitrogens is 1. The van der Waals surface area contributed by atoms with Crippen LogP contribution in [-0.2, 0) is 17.8 Å². The second-order valence-electron chi connectivity index (χ2n) is 7.08. The van der Waals surface area contributed by atoms with Crippen molar-refractivity contribution in [1.82, 2.24) is 19.9 Å². The van der Waals surface area contributed by atoms with Gasteiger partial charge < -0.3 is 14.9 Å². The zero-order valence-corrected chi connectivity index (χ0v) is 17.0. The summed E-state index contributed by atoms with van der Waals surface area (Å²) in [4.78, 5) is 30.8. The molecule has 0 aliphatic rings. The first-order valence-electron chi connectivity index (χ1n) is 9.49. The monoisotopic (exact) mass is 407 g/mol. The van der Waals surface area contributed by atoms with Crippen LogP contribution in [0.2, 0.25) is 0 Å². The first-order chi connectivity index (χ1) is 14.3. The van der Waals surface area contributed by atoms with Crippen LogP contribution in [0.25, 0.3) is 5.69 Å². The number of benzene rings is 1. The quantitative estimate of drug-likeness (QED) is 0.656. The molecule has 30 heavy (non-hydrogen) atoms. The van der Waals surface area contributed by atoms with Gasteiger partial charge in [-0.3, -0.25) is 9.59 Å². The molecule has 1 aromatic carbocycles. The molecule has 2 N–H and O–H groups in total. The number of hydrogen-bond donors (Lipinski definition) is 2. The fraction of sp³-hybridized carbons (Fsp3) is 0.273. The molecular weight excluding hydrogens is 385 g/mol. The molecule has 1 amide bonds. The number of imidazole rings is 1. The predicted molar refractivity (Wildman–Crippen MR) is 110 cm³/mol. The van der Waals surface area contributed by atoms with E-state index in [2.05, 4.69) is 15.3 Å². The van der Waals surface area contributed by atoms with E-state index in [9.17, 15) is 14.0 Å². The summed E-state index contributed by atoms with van der Waals surface area (Å²) in [5, 5.41) is 11.9. The van der Waals surface area contributed by atoms with E-state index in [1.807, 2.05) is 6.07 Å². The van der Waals surface area contributed by atoms with Crippen LogP contribution in [0, 0.1) is 37.9 Å². The van der Waals surface area contributed by atoms with Crippen molar-refractivity contribution >= 4 is 5.91 Å². The highest BCUT2D eigenvalue weighted by molar-refractivity contribution is 5.76. The molecule has 2 heterocycles. The molecule has 154 valence electrons. The molecule has 7 nitrogen and oxygen atoms in total. The lowest BCUT2D eigenvalue weighted by atomic mass is 9.99. The Labute approximate surface area is 173 Å². The van der Waals surface area contributed by atoms with Crippen molar-refractivity contribution in [3.63, 3.8) is 0 Å². The summed E-state index contributed by atoms with van der Waals surface area (Å²) in [6.07, 6.45) is 3.87. The highest BCUT2D eigenvalue weighted by Crippen LogP contribution is 2.17. The summed E-state index contributed by atoms with van der Waals surface area (Å²) in [7, 11) is 0. The van der Waals surface area contributed by atoms with Gasteiger partial charge in [0.1, 0.15) is 23.3 Å². The number of nitrogens with zero attached hydrogens (tertiary/aromatic N) is 3. The Balaban J connectivity index is 1.62. The molecule has 0 aliphatic heterocycles. The van der Waals surface area contributed by atoms with E-state index in [0.29, 0.717) is 34.8 Å². The number of pyridine rings is 1. The van der Waals surface area contributed by atoms with Gasteiger partial charge >= 0.3 is 0 Å². The van der Waals surface area contributed by atoms with E-state index in [4.69, 9.17) is 5.26 Å². The molecule has 0 bridgehead atoms. The van der Waals surface area contributed by atoms with E-state index in [-0.39, 0.29) is 24.4 Å². The van der Waals surface area contributed by atoms with E-state index in [1.165, 1.54) is 6.07 Å². The Morgan fingerprint density at radius 2 is 2.10 bits per heavy atom. The van der Waals surface area contributed by atoms with Crippen LogP contribution in [0.3, 0.4) is 0 Å². The fourth-order valence-corrected chi connectivity index (χ4v) is 3.44. The number of carbonyl (C=O) groups excluding carboxylic acids is 1.